The van der Waals surface area contributed by atoms with E-state index in [1.807, 2.05) is 0 Å². The summed E-state index contributed by atoms with van der Waals surface area (Å²) in [5.41, 5.74) is -0.831. The summed E-state index contributed by atoms with van der Waals surface area (Å²) in [6, 6.07) is 0. The van der Waals surface area contributed by atoms with E-state index < -0.39 is 5.67 Å². The fraction of sp³-hybridized carbons (Fsp3) is 0.833. The van der Waals surface area contributed by atoms with E-state index in [4.69, 9.17) is 0 Å². The standard InChI is InChI=1S/C12H24FN/c1-6-14-10-9-12(5,13)8-7-11(2,3)4/h6,14H,1,7-10H2,2-5H3. The van der Waals surface area contributed by atoms with Crippen LogP contribution >= 0.6 is 0 Å². The highest BCUT2D eigenvalue weighted by atomic mass is 19.1. The zero-order valence-corrected chi connectivity index (χ0v) is 9.99. The first-order chi connectivity index (χ1) is 6.27. The van der Waals surface area contributed by atoms with E-state index in [1.165, 1.54) is 0 Å². The van der Waals surface area contributed by atoms with Crippen molar-refractivity contribution in [3.63, 3.8) is 0 Å². The Kier molecular flexibility index (Phi) is 5.17. The number of hydrogen-bond acceptors (Lipinski definition) is 1. The maximum atomic E-state index is 13.9. The summed E-state index contributed by atoms with van der Waals surface area (Å²) in [7, 11) is 0. The van der Waals surface area contributed by atoms with Crippen LogP contribution in [0.15, 0.2) is 12.8 Å². The Morgan fingerprint density at radius 1 is 1.14 bits per heavy atom. The molecule has 1 N–H and O–H groups in total. The monoisotopic (exact) mass is 201 g/mol. The van der Waals surface area contributed by atoms with Crippen molar-refractivity contribution in [2.45, 2.75) is 52.6 Å². The molecular formula is C12H24FN. The van der Waals surface area contributed by atoms with Gasteiger partial charge in [0, 0.05) is 6.54 Å². The molecule has 2 heteroatoms. The Morgan fingerprint density at radius 2 is 1.71 bits per heavy atom. The molecule has 0 bridgehead atoms. The van der Waals surface area contributed by atoms with Gasteiger partial charge < -0.3 is 5.32 Å². The highest BCUT2D eigenvalue weighted by molar-refractivity contribution is 4.78. The molecule has 14 heavy (non-hydrogen) atoms. The lowest BCUT2D eigenvalue weighted by molar-refractivity contribution is 0.139. The summed E-state index contributed by atoms with van der Waals surface area (Å²) in [5.74, 6) is 0. The third-order valence-corrected chi connectivity index (χ3v) is 2.33. The van der Waals surface area contributed by atoms with Gasteiger partial charge in [-0.3, -0.25) is 0 Å². The van der Waals surface area contributed by atoms with Gasteiger partial charge in [0.2, 0.25) is 0 Å². The minimum atomic E-state index is -1.05. The largest absolute Gasteiger partial charge is 0.391 e. The van der Waals surface area contributed by atoms with Gasteiger partial charge in [-0.25, -0.2) is 4.39 Å². The van der Waals surface area contributed by atoms with Gasteiger partial charge in [0.1, 0.15) is 5.67 Å². The third kappa shape index (κ3) is 8.09. The van der Waals surface area contributed by atoms with Gasteiger partial charge in [-0.1, -0.05) is 27.4 Å². The van der Waals surface area contributed by atoms with Gasteiger partial charge in [0.15, 0.2) is 0 Å². The van der Waals surface area contributed by atoms with Gasteiger partial charge in [0.25, 0.3) is 0 Å². The first-order valence-corrected chi connectivity index (χ1v) is 5.30. The quantitative estimate of drug-likeness (QED) is 0.647. The first-order valence-electron chi connectivity index (χ1n) is 5.30. The number of hydrogen-bond donors (Lipinski definition) is 1. The Morgan fingerprint density at radius 3 is 2.14 bits per heavy atom. The lowest BCUT2D eigenvalue weighted by atomic mass is 9.85. The van der Waals surface area contributed by atoms with Crippen molar-refractivity contribution >= 4 is 0 Å². The first kappa shape index (κ1) is 13.5. The van der Waals surface area contributed by atoms with Gasteiger partial charge in [-0.15, -0.1) is 0 Å². The van der Waals surface area contributed by atoms with Crippen LogP contribution < -0.4 is 5.32 Å². The second kappa shape index (κ2) is 5.38. The molecule has 0 spiro atoms. The van der Waals surface area contributed by atoms with Crippen LogP contribution in [0, 0.1) is 5.41 Å². The molecule has 0 saturated heterocycles. The molecule has 0 heterocycles. The number of rotatable bonds is 6. The number of nitrogens with one attached hydrogen (secondary N) is 1. The topological polar surface area (TPSA) is 12.0 Å². The van der Waals surface area contributed by atoms with Crippen molar-refractivity contribution < 1.29 is 4.39 Å². The fourth-order valence-corrected chi connectivity index (χ4v) is 1.20. The third-order valence-electron chi connectivity index (χ3n) is 2.33. The molecule has 0 amide bonds. The summed E-state index contributed by atoms with van der Waals surface area (Å²) >= 11 is 0. The summed E-state index contributed by atoms with van der Waals surface area (Å²) in [5, 5.41) is 2.93. The molecule has 1 unspecified atom stereocenters. The molecule has 84 valence electrons. The van der Waals surface area contributed by atoms with E-state index in [9.17, 15) is 4.39 Å². The van der Waals surface area contributed by atoms with Gasteiger partial charge in [0.05, 0.1) is 0 Å². The fourth-order valence-electron chi connectivity index (χ4n) is 1.20. The van der Waals surface area contributed by atoms with Crippen LogP contribution in [0.3, 0.4) is 0 Å². The number of alkyl halides is 1. The molecule has 1 atom stereocenters. The smallest absolute Gasteiger partial charge is 0.110 e. The predicted octanol–water partition coefficient (Wildman–Crippen LogP) is 3.66. The van der Waals surface area contributed by atoms with Crippen molar-refractivity contribution in [2.75, 3.05) is 6.54 Å². The van der Waals surface area contributed by atoms with Crippen molar-refractivity contribution in [2.24, 2.45) is 5.41 Å². The van der Waals surface area contributed by atoms with E-state index in [0.717, 1.165) is 6.42 Å². The Bertz CT molecular complexity index is 168. The summed E-state index contributed by atoms with van der Waals surface area (Å²) in [6.07, 6.45) is 3.72. The predicted molar refractivity (Wildman–Crippen MR) is 61.0 cm³/mol. The van der Waals surface area contributed by atoms with Crippen LogP contribution in [0.25, 0.3) is 0 Å². The minimum Gasteiger partial charge on any atom is -0.391 e. The molecule has 0 rings (SSSR count). The Labute approximate surface area is 87.8 Å². The van der Waals surface area contributed by atoms with Crippen LogP contribution in [0.1, 0.15) is 47.0 Å². The second-order valence-electron chi connectivity index (χ2n) is 5.38. The van der Waals surface area contributed by atoms with Crippen molar-refractivity contribution in [3.8, 4) is 0 Å². The van der Waals surface area contributed by atoms with Gasteiger partial charge >= 0.3 is 0 Å². The molecule has 0 saturated carbocycles. The average Bonchev–Trinajstić information content (AvgIpc) is 2.00. The maximum Gasteiger partial charge on any atom is 0.110 e. The molecule has 0 aliphatic heterocycles. The molecule has 0 radical (unpaired) electrons. The lowest BCUT2D eigenvalue weighted by Gasteiger charge is -2.25. The van der Waals surface area contributed by atoms with Crippen LogP contribution in [0.4, 0.5) is 4.39 Å². The minimum absolute atomic E-state index is 0.221. The molecule has 0 aromatic heterocycles. The second-order valence-corrected chi connectivity index (χ2v) is 5.38. The van der Waals surface area contributed by atoms with E-state index in [-0.39, 0.29) is 5.41 Å². The highest BCUT2D eigenvalue weighted by Gasteiger charge is 2.24. The van der Waals surface area contributed by atoms with Crippen LogP contribution in [-0.4, -0.2) is 12.2 Å². The average molecular weight is 201 g/mol. The lowest BCUT2D eigenvalue weighted by Crippen LogP contribution is -2.25. The molecule has 0 aliphatic carbocycles. The summed E-state index contributed by atoms with van der Waals surface area (Å²) < 4.78 is 13.9. The van der Waals surface area contributed by atoms with Crippen LogP contribution in [0.5, 0.6) is 0 Å². The molecule has 1 nitrogen and oxygen atoms in total. The van der Waals surface area contributed by atoms with Gasteiger partial charge in [-0.05, 0) is 37.8 Å². The molecular weight excluding hydrogens is 177 g/mol. The normalized spacial score (nSPS) is 16.1. The van der Waals surface area contributed by atoms with Crippen molar-refractivity contribution in [3.05, 3.63) is 12.8 Å². The molecule has 0 aromatic rings. The van der Waals surface area contributed by atoms with E-state index in [1.54, 1.807) is 13.1 Å². The summed E-state index contributed by atoms with van der Waals surface area (Å²) in [4.78, 5) is 0. The highest BCUT2D eigenvalue weighted by Crippen LogP contribution is 2.29. The van der Waals surface area contributed by atoms with Crippen LogP contribution in [0.2, 0.25) is 0 Å². The van der Waals surface area contributed by atoms with Crippen molar-refractivity contribution in [1.82, 2.24) is 5.32 Å². The Hall–Kier alpha value is -0.530. The van der Waals surface area contributed by atoms with E-state index >= 15 is 0 Å². The SMILES string of the molecule is C=CNCCC(C)(F)CCC(C)(C)C. The molecule has 0 fully saturated rings. The summed E-state index contributed by atoms with van der Waals surface area (Å²) in [6.45, 7) is 12.3. The van der Waals surface area contributed by atoms with E-state index in [2.05, 4.69) is 32.7 Å². The zero-order valence-electron chi connectivity index (χ0n) is 9.99. The van der Waals surface area contributed by atoms with Gasteiger partial charge in [-0.2, -0.15) is 0 Å². The van der Waals surface area contributed by atoms with Crippen LogP contribution in [-0.2, 0) is 0 Å². The maximum absolute atomic E-state index is 13.9. The molecule has 0 aromatic carbocycles. The van der Waals surface area contributed by atoms with E-state index in [0.29, 0.717) is 19.4 Å². The number of halogens is 1. The molecule has 0 aliphatic rings. The Balaban J connectivity index is 3.77. The zero-order chi connectivity index (χ0) is 11.2. The van der Waals surface area contributed by atoms with Crippen molar-refractivity contribution in [1.29, 1.82) is 0 Å².